The quantitative estimate of drug-likeness (QED) is 0.849. The van der Waals surface area contributed by atoms with Crippen LogP contribution in [0.25, 0.3) is 0 Å². The van der Waals surface area contributed by atoms with Gasteiger partial charge < -0.3 is 5.32 Å². The van der Waals surface area contributed by atoms with Gasteiger partial charge in [0.2, 0.25) is 5.91 Å². The molecular weight excluding hydrogens is 285 g/mol. The van der Waals surface area contributed by atoms with E-state index in [4.69, 9.17) is 0 Å². The average molecular weight is 303 g/mol. The van der Waals surface area contributed by atoms with Crippen molar-refractivity contribution >= 4 is 17.7 Å². The van der Waals surface area contributed by atoms with Gasteiger partial charge in [-0.3, -0.25) is 4.79 Å². The van der Waals surface area contributed by atoms with Gasteiger partial charge in [0.05, 0.1) is 5.75 Å². The Morgan fingerprint density at radius 3 is 2.52 bits per heavy atom. The molecule has 21 heavy (non-hydrogen) atoms. The minimum Gasteiger partial charge on any atom is -0.355 e. The van der Waals surface area contributed by atoms with Crippen LogP contribution in [0.1, 0.15) is 11.1 Å². The molecule has 2 rings (SSSR count). The summed E-state index contributed by atoms with van der Waals surface area (Å²) in [5, 5.41) is 2.88. The first kappa shape index (κ1) is 15.6. The van der Waals surface area contributed by atoms with E-state index in [0.717, 1.165) is 6.42 Å². The summed E-state index contributed by atoms with van der Waals surface area (Å²) in [5.41, 5.74) is 1.84. The SMILES string of the molecule is O=C(CSCc1ccccc1F)NCCc1ccccc1. The molecule has 0 fully saturated rings. The van der Waals surface area contributed by atoms with Crippen LogP contribution in [0.3, 0.4) is 0 Å². The Kier molecular flexibility index (Phi) is 6.28. The van der Waals surface area contributed by atoms with E-state index in [1.165, 1.54) is 23.4 Å². The van der Waals surface area contributed by atoms with Crippen LogP contribution in [0.2, 0.25) is 0 Å². The molecule has 4 heteroatoms. The normalized spacial score (nSPS) is 10.3. The monoisotopic (exact) mass is 303 g/mol. The zero-order chi connectivity index (χ0) is 14.9. The van der Waals surface area contributed by atoms with Gasteiger partial charge in [0.15, 0.2) is 0 Å². The molecule has 0 atom stereocenters. The van der Waals surface area contributed by atoms with Crippen LogP contribution >= 0.6 is 11.8 Å². The van der Waals surface area contributed by atoms with Crippen molar-refractivity contribution in [3.05, 3.63) is 71.5 Å². The molecule has 0 heterocycles. The zero-order valence-corrected chi connectivity index (χ0v) is 12.5. The Bertz CT molecular complexity index is 574. The fourth-order valence-corrected chi connectivity index (χ4v) is 2.75. The first-order valence-electron chi connectivity index (χ1n) is 6.87. The predicted octanol–water partition coefficient (Wildman–Crippen LogP) is 3.42. The van der Waals surface area contributed by atoms with E-state index in [2.05, 4.69) is 5.32 Å². The molecule has 0 bridgehead atoms. The molecule has 0 aliphatic carbocycles. The van der Waals surface area contributed by atoms with Gasteiger partial charge in [0, 0.05) is 12.3 Å². The molecule has 2 aromatic rings. The smallest absolute Gasteiger partial charge is 0.230 e. The van der Waals surface area contributed by atoms with Gasteiger partial charge >= 0.3 is 0 Å². The summed E-state index contributed by atoms with van der Waals surface area (Å²) in [6, 6.07) is 16.7. The van der Waals surface area contributed by atoms with Crippen LogP contribution in [-0.2, 0) is 17.0 Å². The lowest BCUT2D eigenvalue weighted by Gasteiger charge is -2.06. The number of hydrogen-bond acceptors (Lipinski definition) is 2. The number of carbonyl (C=O) groups is 1. The van der Waals surface area contributed by atoms with Crippen molar-refractivity contribution in [2.24, 2.45) is 0 Å². The molecule has 0 spiro atoms. The van der Waals surface area contributed by atoms with Crippen LogP contribution in [0.4, 0.5) is 4.39 Å². The largest absolute Gasteiger partial charge is 0.355 e. The van der Waals surface area contributed by atoms with Crippen molar-refractivity contribution in [2.45, 2.75) is 12.2 Å². The molecule has 0 unspecified atom stereocenters. The second-order valence-electron chi connectivity index (χ2n) is 4.67. The third-order valence-corrected chi connectivity index (χ3v) is 4.01. The molecule has 0 radical (unpaired) electrons. The molecule has 110 valence electrons. The van der Waals surface area contributed by atoms with Crippen molar-refractivity contribution in [3.8, 4) is 0 Å². The Labute approximate surface area is 128 Å². The highest BCUT2D eigenvalue weighted by Crippen LogP contribution is 2.14. The lowest BCUT2D eigenvalue weighted by Crippen LogP contribution is -2.27. The molecule has 0 aliphatic heterocycles. The maximum atomic E-state index is 13.4. The van der Waals surface area contributed by atoms with E-state index in [1.807, 2.05) is 30.3 Å². The number of halogens is 1. The third kappa shape index (κ3) is 5.60. The summed E-state index contributed by atoms with van der Waals surface area (Å²) in [5.74, 6) is 0.642. The number of benzene rings is 2. The summed E-state index contributed by atoms with van der Waals surface area (Å²) in [4.78, 5) is 11.7. The molecule has 0 saturated carbocycles. The summed E-state index contributed by atoms with van der Waals surface area (Å²) in [6.45, 7) is 0.628. The summed E-state index contributed by atoms with van der Waals surface area (Å²) >= 11 is 1.42. The molecular formula is C17H18FNOS. The zero-order valence-electron chi connectivity index (χ0n) is 11.7. The second-order valence-corrected chi connectivity index (χ2v) is 5.66. The van der Waals surface area contributed by atoms with E-state index in [1.54, 1.807) is 18.2 Å². The minimum absolute atomic E-state index is 0.00716. The van der Waals surface area contributed by atoms with Crippen molar-refractivity contribution < 1.29 is 9.18 Å². The molecule has 0 aromatic heterocycles. The lowest BCUT2D eigenvalue weighted by atomic mass is 10.1. The number of amides is 1. The van der Waals surface area contributed by atoms with Crippen LogP contribution in [0, 0.1) is 5.82 Å². The molecule has 0 saturated heterocycles. The summed E-state index contributed by atoms with van der Waals surface area (Å²) in [6.07, 6.45) is 0.824. The number of carbonyl (C=O) groups excluding carboxylic acids is 1. The maximum Gasteiger partial charge on any atom is 0.230 e. The van der Waals surface area contributed by atoms with Crippen LogP contribution in [-0.4, -0.2) is 18.2 Å². The van der Waals surface area contributed by atoms with Gasteiger partial charge in [-0.1, -0.05) is 48.5 Å². The Hall–Kier alpha value is -1.81. The summed E-state index contributed by atoms with van der Waals surface area (Å²) in [7, 11) is 0. The maximum absolute atomic E-state index is 13.4. The Balaban J connectivity index is 1.63. The van der Waals surface area contributed by atoms with Gasteiger partial charge in [0.1, 0.15) is 5.82 Å². The molecule has 1 amide bonds. The van der Waals surface area contributed by atoms with Crippen molar-refractivity contribution in [1.29, 1.82) is 0 Å². The summed E-state index contributed by atoms with van der Waals surface area (Å²) < 4.78 is 13.4. The standard InChI is InChI=1S/C17H18FNOS/c18-16-9-5-4-8-15(16)12-21-13-17(20)19-11-10-14-6-2-1-3-7-14/h1-9H,10-13H2,(H,19,20). The van der Waals surface area contributed by atoms with Gasteiger partial charge in [-0.05, 0) is 23.6 Å². The third-order valence-electron chi connectivity index (χ3n) is 3.03. The predicted molar refractivity (Wildman–Crippen MR) is 85.7 cm³/mol. The van der Waals surface area contributed by atoms with Gasteiger partial charge in [-0.15, -0.1) is 11.8 Å². The number of nitrogens with one attached hydrogen (secondary N) is 1. The highest BCUT2D eigenvalue weighted by Gasteiger charge is 2.04. The first-order chi connectivity index (χ1) is 10.3. The molecule has 1 N–H and O–H groups in total. The fourth-order valence-electron chi connectivity index (χ4n) is 1.91. The molecule has 2 nitrogen and oxygen atoms in total. The Morgan fingerprint density at radius 2 is 1.76 bits per heavy atom. The van der Waals surface area contributed by atoms with E-state index in [9.17, 15) is 9.18 Å². The second kappa shape index (κ2) is 8.47. The average Bonchev–Trinajstić information content (AvgIpc) is 2.50. The topological polar surface area (TPSA) is 29.1 Å². The van der Waals surface area contributed by atoms with Crippen molar-refractivity contribution in [2.75, 3.05) is 12.3 Å². The highest BCUT2D eigenvalue weighted by atomic mass is 32.2. The number of hydrogen-bond donors (Lipinski definition) is 1. The van der Waals surface area contributed by atoms with E-state index < -0.39 is 0 Å². The first-order valence-corrected chi connectivity index (χ1v) is 8.03. The Morgan fingerprint density at radius 1 is 1.05 bits per heavy atom. The van der Waals surface area contributed by atoms with Crippen molar-refractivity contribution in [1.82, 2.24) is 5.32 Å². The number of thioether (sulfide) groups is 1. The van der Waals surface area contributed by atoms with Crippen LogP contribution < -0.4 is 5.32 Å². The highest BCUT2D eigenvalue weighted by molar-refractivity contribution is 7.99. The minimum atomic E-state index is -0.213. The number of rotatable bonds is 7. The lowest BCUT2D eigenvalue weighted by molar-refractivity contribution is -0.118. The van der Waals surface area contributed by atoms with Gasteiger partial charge in [-0.25, -0.2) is 4.39 Å². The fraction of sp³-hybridized carbons (Fsp3) is 0.235. The van der Waals surface area contributed by atoms with Crippen LogP contribution in [0.5, 0.6) is 0 Å². The van der Waals surface area contributed by atoms with E-state index in [-0.39, 0.29) is 11.7 Å². The molecule has 0 aliphatic rings. The van der Waals surface area contributed by atoms with E-state index in [0.29, 0.717) is 23.6 Å². The van der Waals surface area contributed by atoms with E-state index >= 15 is 0 Å². The molecule has 2 aromatic carbocycles. The van der Waals surface area contributed by atoms with Crippen LogP contribution in [0.15, 0.2) is 54.6 Å². The van der Waals surface area contributed by atoms with Crippen molar-refractivity contribution in [3.63, 3.8) is 0 Å². The van der Waals surface area contributed by atoms with Gasteiger partial charge in [-0.2, -0.15) is 0 Å². The van der Waals surface area contributed by atoms with Gasteiger partial charge in [0.25, 0.3) is 0 Å².